The molecule has 1 heteroatoms. The maximum atomic E-state index is 3.97. The van der Waals surface area contributed by atoms with E-state index in [1.54, 1.807) is 0 Å². The van der Waals surface area contributed by atoms with Crippen molar-refractivity contribution in [3.63, 3.8) is 0 Å². The molecule has 0 N–H and O–H groups in total. The van der Waals surface area contributed by atoms with Gasteiger partial charge < -0.3 is 4.90 Å². The van der Waals surface area contributed by atoms with Crippen LogP contribution in [-0.2, 0) is 10.8 Å². The Morgan fingerprint density at radius 2 is 1.27 bits per heavy atom. The quantitative estimate of drug-likeness (QED) is 0.320. The minimum atomic E-state index is 0.160. The Morgan fingerprint density at radius 3 is 1.73 bits per heavy atom. The monoisotopic (exact) mass is 439 g/mol. The molecule has 0 spiro atoms. The summed E-state index contributed by atoms with van der Waals surface area (Å²) in [7, 11) is 0. The van der Waals surface area contributed by atoms with Gasteiger partial charge in [0.25, 0.3) is 0 Å². The van der Waals surface area contributed by atoms with Crippen LogP contribution in [0.5, 0.6) is 0 Å². The van der Waals surface area contributed by atoms with Gasteiger partial charge in [0.2, 0.25) is 0 Å². The van der Waals surface area contributed by atoms with Crippen LogP contribution in [0.1, 0.15) is 78.0 Å². The van der Waals surface area contributed by atoms with Crippen molar-refractivity contribution in [3.8, 4) is 0 Å². The maximum absolute atomic E-state index is 3.97. The van der Waals surface area contributed by atoms with Crippen molar-refractivity contribution in [2.24, 2.45) is 5.92 Å². The van der Waals surface area contributed by atoms with Crippen molar-refractivity contribution in [3.05, 3.63) is 96.1 Å². The number of hydrogen-bond donors (Lipinski definition) is 0. The van der Waals surface area contributed by atoms with Crippen molar-refractivity contribution in [1.29, 1.82) is 0 Å². The van der Waals surface area contributed by atoms with E-state index in [9.17, 15) is 0 Å². The molecule has 0 aliphatic carbocycles. The van der Waals surface area contributed by atoms with E-state index >= 15 is 0 Å². The zero-order chi connectivity index (χ0) is 24.2. The van der Waals surface area contributed by atoms with Crippen LogP contribution in [0.4, 0.5) is 17.1 Å². The van der Waals surface area contributed by atoms with Crippen LogP contribution in [0.2, 0.25) is 0 Å². The molecule has 0 aromatic heterocycles. The molecule has 0 amide bonds. The highest BCUT2D eigenvalue weighted by atomic mass is 15.1. The molecular formula is C32H41N. The molecule has 3 rings (SSSR count). The van der Waals surface area contributed by atoms with Gasteiger partial charge >= 0.3 is 0 Å². The summed E-state index contributed by atoms with van der Waals surface area (Å²) < 4.78 is 0. The van der Waals surface area contributed by atoms with E-state index in [-0.39, 0.29) is 10.8 Å². The van der Waals surface area contributed by atoms with E-state index in [0.717, 1.165) is 17.7 Å². The topological polar surface area (TPSA) is 3.24 Å². The molecule has 0 saturated heterocycles. The second-order valence-electron chi connectivity index (χ2n) is 10.9. The maximum Gasteiger partial charge on any atom is 0.0467 e. The van der Waals surface area contributed by atoms with Crippen LogP contribution in [0.15, 0.2) is 79.4 Å². The molecule has 0 bridgehead atoms. The second-order valence-corrected chi connectivity index (χ2v) is 10.9. The lowest BCUT2D eigenvalue weighted by Gasteiger charge is -2.30. The van der Waals surface area contributed by atoms with Crippen molar-refractivity contribution in [2.75, 3.05) is 4.90 Å². The summed E-state index contributed by atoms with van der Waals surface area (Å²) in [5.74, 6) is 0.670. The Bertz CT molecular complexity index is 1050. The van der Waals surface area contributed by atoms with Gasteiger partial charge in [-0.3, -0.25) is 0 Å². The molecule has 0 saturated carbocycles. The van der Waals surface area contributed by atoms with Gasteiger partial charge in [-0.25, -0.2) is 0 Å². The molecule has 0 unspecified atom stereocenters. The summed E-state index contributed by atoms with van der Waals surface area (Å²) in [6, 6.07) is 26.8. The largest absolute Gasteiger partial charge is 0.310 e. The van der Waals surface area contributed by atoms with Gasteiger partial charge in [0.15, 0.2) is 0 Å². The van der Waals surface area contributed by atoms with E-state index in [1.165, 1.54) is 28.9 Å². The van der Waals surface area contributed by atoms with Crippen LogP contribution in [0, 0.1) is 5.92 Å². The molecule has 0 fully saturated rings. The minimum Gasteiger partial charge on any atom is -0.310 e. The van der Waals surface area contributed by atoms with Crippen molar-refractivity contribution < 1.29 is 0 Å². The van der Waals surface area contributed by atoms with Gasteiger partial charge in [-0.2, -0.15) is 0 Å². The van der Waals surface area contributed by atoms with Crippen LogP contribution >= 0.6 is 0 Å². The van der Waals surface area contributed by atoms with E-state index in [1.807, 2.05) is 6.08 Å². The van der Waals surface area contributed by atoms with Gasteiger partial charge in [-0.15, -0.1) is 0 Å². The van der Waals surface area contributed by atoms with Gasteiger partial charge in [0, 0.05) is 17.1 Å². The predicted octanol–water partition coefficient (Wildman–Crippen LogP) is 9.81. The highest BCUT2D eigenvalue weighted by Gasteiger charge is 2.23. The lowest BCUT2D eigenvalue weighted by atomic mass is 9.78. The van der Waals surface area contributed by atoms with Crippen LogP contribution in [0.25, 0.3) is 6.08 Å². The fourth-order valence-corrected chi connectivity index (χ4v) is 4.70. The molecule has 33 heavy (non-hydrogen) atoms. The second kappa shape index (κ2) is 10.00. The third-order valence-electron chi connectivity index (χ3n) is 6.98. The first-order chi connectivity index (χ1) is 15.6. The number of anilines is 3. The summed E-state index contributed by atoms with van der Waals surface area (Å²) in [5, 5.41) is 0. The third-order valence-corrected chi connectivity index (χ3v) is 6.98. The fraction of sp³-hybridized carbons (Fsp3) is 0.375. The third kappa shape index (κ3) is 5.77. The zero-order valence-electron chi connectivity index (χ0n) is 21.7. The molecular weight excluding hydrogens is 398 g/mol. The van der Waals surface area contributed by atoms with E-state index < -0.39 is 0 Å². The van der Waals surface area contributed by atoms with Crippen LogP contribution in [0.3, 0.4) is 0 Å². The zero-order valence-corrected chi connectivity index (χ0v) is 21.7. The highest BCUT2D eigenvalue weighted by molar-refractivity contribution is 5.78. The number of benzene rings is 3. The van der Waals surface area contributed by atoms with Crippen LogP contribution in [-0.4, -0.2) is 0 Å². The number of nitrogens with zero attached hydrogens (tertiary/aromatic N) is 1. The summed E-state index contributed by atoms with van der Waals surface area (Å²) in [5.41, 5.74) is 7.70. The molecule has 0 heterocycles. The first-order valence-corrected chi connectivity index (χ1v) is 12.3. The summed E-state index contributed by atoms with van der Waals surface area (Å²) in [4.78, 5) is 2.34. The van der Waals surface area contributed by atoms with Crippen LogP contribution < -0.4 is 4.90 Å². The van der Waals surface area contributed by atoms with Gasteiger partial charge in [-0.05, 0) is 82.7 Å². The highest BCUT2D eigenvalue weighted by Crippen LogP contribution is 2.38. The molecule has 0 aliphatic heterocycles. The van der Waals surface area contributed by atoms with Crippen molar-refractivity contribution >= 4 is 23.1 Å². The molecule has 0 radical (unpaired) electrons. The molecule has 3 aromatic rings. The average Bonchev–Trinajstić information content (AvgIpc) is 2.79. The number of hydrogen-bond acceptors (Lipinski definition) is 1. The molecule has 0 atom stereocenters. The lowest BCUT2D eigenvalue weighted by molar-refractivity contribution is 0.400. The molecule has 0 aliphatic rings. The molecule has 174 valence electrons. The first-order valence-electron chi connectivity index (χ1n) is 12.3. The standard InChI is InChI=1S/C32H41N/c1-9-25-12-11-13-30(22-25)33(28-18-14-26(15-19-28)31(5,6)10-2)29-20-16-27(17-21-29)32(7,8)23-24(3)4/h9,11-22,24H,1,10,23H2,2-8H3. The molecule has 3 aromatic carbocycles. The summed E-state index contributed by atoms with van der Waals surface area (Å²) >= 11 is 0. The average molecular weight is 440 g/mol. The van der Waals surface area contributed by atoms with E-state index in [2.05, 4.69) is 133 Å². The first kappa shape index (κ1) is 24.8. The fourth-order valence-electron chi connectivity index (χ4n) is 4.70. The summed E-state index contributed by atoms with van der Waals surface area (Å²) in [6.07, 6.45) is 4.20. The Hall–Kier alpha value is -2.80. The minimum absolute atomic E-state index is 0.160. The SMILES string of the molecule is C=Cc1cccc(N(c2ccc(C(C)(C)CC)cc2)c2ccc(C(C)(C)CC(C)C)cc2)c1. The predicted molar refractivity (Wildman–Crippen MR) is 147 cm³/mol. The van der Waals surface area contributed by atoms with Gasteiger partial charge in [0.05, 0.1) is 0 Å². The molecule has 1 nitrogen and oxygen atoms in total. The van der Waals surface area contributed by atoms with E-state index in [0.29, 0.717) is 5.92 Å². The lowest BCUT2D eigenvalue weighted by Crippen LogP contribution is -2.20. The van der Waals surface area contributed by atoms with Crippen molar-refractivity contribution in [1.82, 2.24) is 0 Å². The Balaban J connectivity index is 2.06. The van der Waals surface area contributed by atoms with Gasteiger partial charge in [0.1, 0.15) is 0 Å². The van der Waals surface area contributed by atoms with Crippen molar-refractivity contribution in [2.45, 2.75) is 72.1 Å². The Kier molecular flexibility index (Phi) is 7.52. The normalized spacial score (nSPS) is 12.1. The Morgan fingerprint density at radius 1 is 0.758 bits per heavy atom. The van der Waals surface area contributed by atoms with E-state index in [4.69, 9.17) is 0 Å². The number of rotatable bonds is 9. The van der Waals surface area contributed by atoms with Gasteiger partial charge in [-0.1, -0.05) is 97.5 Å². The summed E-state index contributed by atoms with van der Waals surface area (Å²) in [6.45, 7) is 20.1. The Labute approximate surface area is 202 Å². The smallest absolute Gasteiger partial charge is 0.0467 e.